The van der Waals surface area contributed by atoms with Crippen molar-refractivity contribution in [2.24, 2.45) is 0 Å². The van der Waals surface area contributed by atoms with Crippen LogP contribution in [-0.4, -0.2) is 35.1 Å². The molecule has 7 nitrogen and oxygen atoms in total. The van der Waals surface area contributed by atoms with Gasteiger partial charge in [0.05, 0.1) is 35.1 Å². The zero-order valence-corrected chi connectivity index (χ0v) is 16.1. The Morgan fingerprint density at radius 1 is 0.964 bits per heavy atom. The maximum atomic E-state index is 12.4. The zero-order valence-electron chi connectivity index (χ0n) is 16.1. The van der Waals surface area contributed by atoms with E-state index in [2.05, 4.69) is 15.3 Å². The summed E-state index contributed by atoms with van der Waals surface area (Å²) in [6.07, 6.45) is -0.962. The summed E-state index contributed by atoms with van der Waals surface area (Å²) >= 11 is 0. The van der Waals surface area contributed by atoms with E-state index >= 15 is 0 Å². The Labute approximate surface area is 162 Å². The number of amides is 1. The smallest absolute Gasteiger partial charge is 0.338 e. The molecule has 28 heavy (non-hydrogen) atoms. The number of methoxy groups -OCH3 is 1. The summed E-state index contributed by atoms with van der Waals surface area (Å²) in [4.78, 5) is 33.6. The van der Waals surface area contributed by atoms with Gasteiger partial charge in [-0.05, 0) is 63.2 Å². The number of nitrogens with one attached hydrogen (secondary N) is 1. The number of aryl methyl sites for hydroxylation is 2. The maximum absolute atomic E-state index is 12.4. The van der Waals surface area contributed by atoms with Crippen molar-refractivity contribution >= 4 is 28.6 Å². The van der Waals surface area contributed by atoms with Gasteiger partial charge in [0.25, 0.3) is 5.91 Å². The Bertz CT molecular complexity index is 1030. The summed E-state index contributed by atoms with van der Waals surface area (Å²) in [5.74, 6) is -0.341. The van der Waals surface area contributed by atoms with Gasteiger partial charge < -0.3 is 14.8 Å². The fourth-order valence-electron chi connectivity index (χ4n) is 2.56. The molecule has 0 saturated carbocycles. The molecular weight excluding hydrogens is 358 g/mol. The lowest BCUT2D eigenvalue weighted by molar-refractivity contribution is -0.123. The van der Waals surface area contributed by atoms with E-state index in [1.165, 1.54) is 6.92 Å². The van der Waals surface area contributed by atoms with Crippen molar-refractivity contribution in [2.45, 2.75) is 26.9 Å². The highest BCUT2D eigenvalue weighted by atomic mass is 16.5. The van der Waals surface area contributed by atoms with E-state index in [1.54, 1.807) is 49.6 Å². The minimum absolute atomic E-state index is 0.314. The summed E-state index contributed by atoms with van der Waals surface area (Å²) in [6, 6.07) is 11.8. The molecule has 1 aromatic heterocycles. The average Bonchev–Trinajstić information content (AvgIpc) is 2.69. The highest BCUT2D eigenvalue weighted by Crippen LogP contribution is 2.17. The fourth-order valence-corrected chi connectivity index (χ4v) is 2.56. The first-order valence-electron chi connectivity index (χ1n) is 8.78. The highest BCUT2D eigenvalue weighted by molar-refractivity contribution is 5.98. The third kappa shape index (κ3) is 4.25. The van der Waals surface area contributed by atoms with Crippen LogP contribution in [0.5, 0.6) is 5.75 Å². The molecule has 1 heterocycles. The Kier molecular flexibility index (Phi) is 5.54. The predicted molar refractivity (Wildman–Crippen MR) is 106 cm³/mol. The van der Waals surface area contributed by atoms with Crippen LogP contribution in [0, 0.1) is 13.8 Å². The summed E-state index contributed by atoms with van der Waals surface area (Å²) < 4.78 is 10.4. The molecule has 7 heteroatoms. The van der Waals surface area contributed by atoms with E-state index < -0.39 is 18.0 Å². The first-order valence-corrected chi connectivity index (χ1v) is 8.78. The summed E-state index contributed by atoms with van der Waals surface area (Å²) in [5.41, 5.74) is 3.84. The molecule has 2 aromatic carbocycles. The van der Waals surface area contributed by atoms with Crippen molar-refractivity contribution in [1.82, 2.24) is 9.97 Å². The van der Waals surface area contributed by atoms with Gasteiger partial charge in [-0.1, -0.05) is 0 Å². The second kappa shape index (κ2) is 8.04. The van der Waals surface area contributed by atoms with Gasteiger partial charge in [-0.15, -0.1) is 0 Å². The molecule has 0 spiro atoms. The van der Waals surface area contributed by atoms with Gasteiger partial charge in [0.1, 0.15) is 5.75 Å². The molecule has 3 aromatic rings. The van der Waals surface area contributed by atoms with Crippen LogP contribution in [-0.2, 0) is 9.53 Å². The molecule has 0 bridgehead atoms. The van der Waals surface area contributed by atoms with Crippen LogP contribution in [0.3, 0.4) is 0 Å². The van der Waals surface area contributed by atoms with Crippen LogP contribution >= 0.6 is 0 Å². The number of rotatable bonds is 5. The molecule has 0 radical (unpaired) electrons. The van der Waals surface area contributed by atoms with Gasteiger partial charge >= 0.3 is 5.97 Å². The molecule has 0 unspecified atom stereocenters. The molecule has 1 N–H and O–H groups in total. The maximum Gasteiger partial charge on any atom is 0.338 e. The SMILES string of the molecule is COc1ccc(NC(=O)[C@@H](C)OC(=O)c2ccc3nc(C)c(C)nc3c2)cc1. The number of fused-ring (bicyclic) bond motifs is 1. The van der Waals surface area contributed by atoms with E-state index in [4.69, 9.17) is 9.47 Å². The van der Waals surface area contributed by atoms with E-state index in [1.807, 2.05) is 13.8 Å². The minimum Gasteiger partial charge on any atom is -0.497 e. The molecule has 144 valence electrons. The second-order valence-corrected chi connectivity index (χ2v) is 6.36. The number of hydrogen-bond acceptors (Lipinski definition) is 6. The van der Waals surface area contributed by atoms with Crippen molar-refractivity contribution in [3.8, 4) is 5.75 Å². The number of aromatic nitrogens is 2. The fraction of sp³-hybridized carbons (Fsp3) is 0.238. The first-order chi connectivity index (χ1) is 13.4. The number of esters is 1. The third-order valence-corrected chi connectivity index (χ3v) is 4.32. The second-order valence-electron chi connectivity index (χ2n) is 6.36. The lowest BCUT2D eigenvalue weighted by Crippen LogP contribution is -2.30. The molecule has 0 aliphatic rings. The number of ether oxygens (including phenoxy) is 2. The molecular formula is C21H21N3O4. The van der Waals surface area contributed by atoms with Gasteiger partial charge in [-0.3, -0.25) is 4.79 Å². The van der Waals surface area contributed by atoms with Crippen LogP contribution in [0.1, 0.15) is 28.7 Å². The minimum atomic E-state index is -0.962. The third-order valence-electron chi connectivity index (χ3n) is 4.32. The van der Waals surface area contributed by atoms with E-state index in [0.29, 0.717) is 28.0 Å². The molecule has 3 rings (SSSR count). The number of carbonyl (C=O) groups excluding carboxylic acids is 2. The normalized spacial score (nSPS) is 11.7. The summed E-state index contributed by atoms with van der Waals surface area (Å²) in [5, 5.41) is 2.70. The molecule has 0 aliphatic carbocycles. The number of benzene rings is 2. The average molecular weight is 379 g/mol. The Morgan fingerprint density at radius 2 is 1.61 bits per heavy atom. The Hall–Kier alpha value is -3.48. The largest absolute Gasteiger partial charge is 0.497 e. The van der Waals surface area contributed by atoms with Crippen LogP contribution in [0.2, 0.25) is 0 Å². The lowest BCUT2D eigenvalue weighted by atomic mass is 10.2. The highest BCUT2D eigenvalue weighted by Gasteiger charge is 2.19. The van der Waals surface area contributed by atoms with E-state index in [-0.39, 0.29) is 0 Å². The number of carbonyl (C=O) groups is 2. The van der Waals surface area contributed by atoms with E-state index in [0.717, 1.165) is 11.4 Å². The standard InChI is InChI=1S/C21H21N3O4/c1-12-13(2)23-19-11-15(5-10-18(19)22-12)21(26)28-14(3)20(25)24-16-6-8-17(27-4)9-7-16/h5-11,14H,1-4H3,(H,24,25)/t14-/m1/s1. The van der Waals surface area contributed by atoms with Gasteiger partial charge in [-0.25, -0.2) is 14.8 Å². The molecule has 1 amide bonds. The van der Waals surface area contributed by atoms with Gasteiger partial charge in [0, 0.05) is 5.69 Å². The topological polar surface area (TPSA) is 90.4 Å². The van der Waals surface area contributed by atoms with Crippen molar-refractivity contribution in [2.75, 3.05) is 12.4 Å². The molecule has 0 saturated heterocycles. The van der Waals surface area contributed by atoms with Crippen LogP contribution < -0.4 is 10.1 Å². The Balaban J connectivity index is 1.68. The Morgan fingerprint density at radius 3 is 2.25 bits per heavy atom. The van der Waals surface area contributed by atoms with Crippen molar-refractivity contribution < 1.29 is 19.1 Å². The van der Waals surface area contributed by atoms with Crippen molar-refractivity contribution in [3.63, 3.8) is 0 Å². The molecule has 0 aliphatic heterocycles. The number of hydrogen-bond donors (Lipinski definition) is 1. The number of nitrogens with zero attached hydrogens (tertiary/aromatic N) is 2. The number of anilines is 1. The van der Waals surface area contributed by atoms with Gasteiger partial charge in [0.2, 0.25) is 0 Å². The van der Waals surface area contributed by atoms with E-state index in [9.17, 15) is 9.59 Å². The van der Waals surface area contributed by atoms with Crippen LogP contribution in [0.15, 0.2) is 42.5 Å². The quantitative estimate of drug-likeness (QED) is 0.683. The summed E-state index contributed by atoms with van der Waals surface area (Å²) in [6.45, 7) is 5.26. The summed E-state index contributed by atoms with van der Waals surface area (Å²) in [7, 11) is 1.57. The monoisotopic (exact) mass is 379 g/mol. The van der Waals surface area contributed by atoms with Crippen LogP contribution in [0.25, 0.3) is 11.0 Å². The lowest BCUT2D eigenvalue weighted by Gasteiger charge is -2.14. The molecule has 1 atom stereocenters. The zero-order chi connectivity index (χ0) is 20.3. The first kappa shape index (κ1) is 19.3. The van der Waals surface area contributed by atoms with Crippen molar-refractivity contribution in [1.29, 1.82) is 0 Å². The van der Waals surface area contributed by atoms with Gasteiger partial charge in [0.15, 0.2) is 6.10 Å². The van der Waals surface area contributed by atoms with Crippen LogP contribution in [0.4, 0.5) is 5.69 Å². The van der Waals surface area contributed by atoms with Gasteiger partial charge in [-0.2, -0.15) is 0 Å². The van der Waals surface area contributed by atoms with Crippen molar-refractivity contribution in [3.05, 3.63) is 59.4 Å². The molecule has 0 fully saturated rings. The predicted octanol–water partition coefficient (Wildman–Crippen LogP) is 3.44.